The maximum Gasteiger partial charge on any atom is 0.416 e. The first-order chi connectivity index (χ1) is 10.4. The predicted octanol–water partition coefficient (Wildman–Crippen LogP) is 5.45. The fourth-order valence-corrected chi connectivity index (χ4v) is 2.62. The van der Waals surface area contributed by atoms with Crippen LogP contribution in [0.4, 0.5) is 13.2 Å². The predicted molar refractivity (Wildman–Crippen MR) is 81.2 cm³/mol. The van der Waals surface area contributed by atoms with Crippen molar-refractivity contribution in [3.63, 3.8) is 0 Å². The monoisotopic (exact) mass is 308 g/mol. The molecule has 0 radical (unpaired) electrons. The third-order valence-corrected chi connectivity index (χ3v) is 3.84. The molecule has 0 aliphatic carbocycles. The number of methoxy groups -OCH3 is 1. The van der Waals surface area contributed by atoms with Gasteiger partial charge in [0.25, 0.3) is 0 Å². The summed E-state index contributed by atoms with van der Waals surface area (Å²) in [4.78, 5) is 0. The van der Waals surface area contributed by atoms with E-state index in [9.17, 15) is 13.2 Å². The Morgan fingerprint density at radius 1 is 1.00 bits per heavy atom. The minimum Gasteiger partial charge on any atom is -0.496 e. The zero-order chi connectivity index (χ0) is 16.2. The maximum atomic E-state index is 13.1. The Balaban J connectivity index is 2.15. The molecule has 4 heteroatoms. The van der Waals surface area contributed by atoms with Gasteiger partial charge in [-0.3, -0.25) is 0 Å². The number of hydrogen-bond donors (Lipinski definition) is 0. The lowest BCUT2D eigenvalue weighted by Crippen LogP contribution is -2.11. The van der Waals surface area contributed by atoms with Crippen molar-refractivity contribution >= 4 is 0 Å². The summed E-state index contributed by atoms with van der Waals surface area (Å²) in [5.74, 6) is 0.599. The summed E-state index contributed by atoms with van der Waals surface area (Å²) in [6, 6.07) is 13.4. The van der Waals surface area contributed by atoms with Crippen LogP contribution in [0.5, 0.6) is 5.75 Å². The van der Waals surface area contributed by atoms with Crippen molar-refractivity contribution in [1.82, 2.24) is 0 Å². The molecule has 0 heterocycles. The molecule has 2 rings (SSSR count). The van der Waals surface area contributed by atoms with E-state index >= 15 is 0 Å². The molecule has 22 heavy (non-hydrogen) atoms. The summed E-state index contributed by atoms with van der Waals surface area (Å²) in [5, 5.41) is 0. The number of ether oxygens (including phenoxy) is 1. The average Bonchev–Trinajstić information content (AvgIpc) is 2.52. The number of alkyl halides is 3. The maximum absolute atomic E-state index is 13.1. The quantitative estimate of drug-likeness (QED) is 0.713. The van der Waals surface area contributed by atoms with E-state index in [1.54, 1.807) is 19.2 Å². The van der Waals surface area contributed by atoms with E-state index in [0.717, 1.165) is 17.4 Å². The van der Waals surface area contributed by atoms with Crippen molar-refractivity contribution < 1.29 is 17.9 Å². The Kier molecular flexibility index (Phi) is 5.11. The van der Waals surface area contributed by atoms with Crippen LogP contribution in [-0.2, 0) is 12.6 Å². The molecule has 2 aromatic rings. The van der Waals surface area contributed by atoms with E-state index < -0.39 is 11.7 Å². The molecule has 0 saturated carbocycles. The second-order valence-electron chi connectivity index (χ2n) is 5.34. The van der Waals surface area contributed by atoms with Gasteiger partial charge in [-0.1, -0.05) is 43.3 Å². The van der Waals surface area contributed by atoms with Crippen LogP contribution in [0.1, 0.15) is 36.0 Å². The molecule has 0 spiro atoms. The number of para-hydroxylation sites is 1. The lowest BCUT2D eigenvalue weighted by Gasteiger charge is -2.18. The van der Waals surface area contributed by atoms with Crippen LogP contribution in [0.15, 0.2) is 48.5 Å². The van der Waals surface area contributed by atoms with Crippen molar-refractivity contribution in [2.75, 3.05) is 7.11 Å². The Morgan fingerprint density at radius 2 is 1.64 bits per heavy atom. The van der Waals surface area contributed by atoms with Crippen molar-refractivity contribution in [1.29, 1.82) is 0 Å². The summed E-state index contributed by atoms with van der Waals surface area (Å²) in [6.45, 7) is 1.83. The molecule has 118 valence electrons. The molecule has 1 unspecified atom stereocenters. The molecule has 0 saturated heterocycles. The Bertz CT molecular complexity index is 620. The fourth-order valence-electron chi connectivity index (χ4n) is 2.62. The Labute approximate surface area is 128 Å². The van der Waals surface area contributed by atoms with Crippen LogP contribution >= 0.6 is 0 Å². The number of aryl methyl sites for hydroxylation is 1. The smallest absolute Gasteiger partial charge is 0.416 e. The first-order valence-electron chi connectivity index (χ1n) is 7.21. The average molecular weight is 308 g/mol. The van der Waals surface area contributed by atoms with Crippen LogP contribution in [0, 0.1) is 0 Å². The number of rotatable bonds is 5. The van der Waals surface area contributed by atoms with Gasteiger partial charge in [0.2, 0.25) is 0 Å². The van der Waals surface area contributed by atoms with Crippen molar-refractivity contribution in [2.45, 2.75) is 31.9 Å². The third kappa shape index (κ3) is 3.81. The zero-order valence-electron chi connectivity index (χ0n) is 12.7. The van der Waals surface area contributed by atoms with E-state index in [4.69, 9.17) is 4.74 Å². The Hall–Kier alpha value is -1.97. The molecule has 1 atom stereocenters. The van der Waals surface area contributed by atoms with Gasteiger partial charge in [-0.15, -0.1) is 0 Å². The van der Waals surface area contributed by atoms with Gasteiger partial charge >= 0.3 is 6.18 Å². The van der Waals surface area contributed by atoms with Crippen LogP contribution in [0.3, 0.4) is 0 Å². The number of hydrogen-bond acceptors (Lipinski definition) is 1. The first-order valence-corrected chi connectivity index (χ1v) is 7.21. The second kappa shape index (κ2) is 6.86. The molecular formula is C18H19F3O. The molecule has 0 fully saturated rings. The molecule has 0 aliphatic heterocycles. The van der Waals surface area contributed by atoms with Crippen molar-refractivity contribution in [3.05, 3.63) is 65.2 Å². The standard InChI is InChI=1S/C18H19F3O/c1-13(11-12-14-7-3-6-10-17(14)22-2)15-8-4-5-9-16(15)18(19,20)21/h3-10,13H,11-12H2,1-2H3. The zero-order valence-corrected chi connectivity index (χ0v) is 12.7. The minimum absolute atomic E-state index is 0.178. The fraction of sp³-hybridized carbons (Fsp3) is 0.333. The molecule has 0 N–H and O–H groups in total. The lowest BCUT2D eigenvalue weighted by molar-refractivity contribution is -0.138. The molecule has 1 nitrogen and oxygen atoms in total. The topological polar surface area (TPSA) is 9.23 Å². The van der Waals surface area contributed by atoms with Gasteiger partial charge in [0, 0.05) is 0 Å². The highest BCUT2D eigenvalue weighted by atomic mass is 19.4. The lowest BCUT2D eigenvalue weighted by atomic mass is 9.90. The SMILES string of the molecule is COc1ccccc1CCC(C)c1ccccc1C(F)(F)F. The first kappa shape index (κ1) is 16.4. The number of benzene rings is 2. The minimum atomic E-state index is -4.31. The number of halogens is 3. The normalized spacial score (nSPS) is 13.0. The highest BCUT2D eigenvalue weighted by molar-refractivity contribution is 5.35. The largest absolute Gasteiger partial charge is 0.496 e. The van der Waals surface area contributed by atoms with Crippen molar-refractivity contribution in [2.24, 2.45) is 0 Å². The summed E-state index contributed by atoms with van der Waals surface area (Å²) in [6.07, 6.45) is -3.00. The molecule has 2 aromatic carbocycles. The highest BCUT2D eigenvalue weighted by Gasteiger charge is 2.33. The van der Waals surface area contributed by atoms with Gasteiger partial charge in [0.15, 0.2) is 0 Å². The Morgan fingerprint density at radius 3 is 2.32 bits per heavy atom. The summed E-state index contributed by atoms with van der Waals surface area (Å²) in [7, 11) is 1.60. The van der Waals surface area contributed by atoms with Crippen LogP contribution in [0.2, 0.25) is 0 Å². The van der Waals surface area contributed by atoms with Gasteiger partial charge < -0.3 is 4.74 Å². The van der Waals surface area contributed by atoms with E-state index in [2.05, 4.69) is 0 Å². The van der Waals surface area contributed by atoms with Gasteiger partial charge in [0.1, 0.15) is 5.75 Å². The molecule has 0 aromatic heterocycles. The summed E-state index contributed by atoms with van der Waals surface area (Å²) < 4.78 is 44.5. The van der Waals surface area contributed by atoms with Gasteiger partial charge in [-0.2, -0.15) is 13.2 Å². The van der Waals surface area contributed by atoms with Gasteiger partial charge in [-0.25, -0.2) is 0 Å². The van der Waals surface area contributed by atoms with E-state index in [-0.39, 0.29) is 5.92 Å². The van der Waals surface area contributed by atoms with Crippen LogP contribution in [0.25, 0.3) is 0 Å². The molecule has 0 amide bonds. The van der Waals surface area contributed by atoms with Crippen LogP contribution < -0.4 is 4.74 Å². The molecular weight excluding hydrogens is 289 g/mol. The third-order valence-electron chi connectivity index (χ3n) is 3.84. The van der Waals surface area contributed by atoms with Gasteiger partial charge in [-0.05, 0) is 42.0 Å². The summed E-state index contributed by atoms with van der Waals surface area (Å²) in [5.41, 5.74) is 0.828. The van der Waals surface area contributed by atoms with Crippen LogP contribution in [-0.4, -0.2) is 7.11 Å². The van der Waals surface area contributed by atoms with Crippen molar-refractivity contribution in [3.8, 4) is 5.75 Å². The molecule has 0 aliphatic rings. The second-order valence-corrected chi connectivity index (χ2v) is 5.34. The van der Waals surface area contributed by atoms with E-state index in [1.165, 1.54) is 6.07 Å². The summed E-state index contributed by atoms with van der Waals surface area (Å²) >= 11 is 0. The highest BCUT2D eigenvalue weighted by Crippen LogP contribution is 2.36. The van der Waals surface area contributed by atoms with E-state index in [1.807, 2.05) is 31.2 Å². The van der Waals surface area contributed by atoms with Gasteiger partial charge in [0.05, 0.1) is 12.7 Å². The van der Waals surface area contributed by atoms with E-state index in [0.29, 0.717) is 18.4 Å². The molecule has 0 bridgehead atoms.